The Morgan fingerprint density at radius 2 is 1.80 bits per heavy atom. The van der Waals surface area contributed by atoms with Crippen molar-refractivity contribution >= 4 is 50.2 Å². The van der Waals surface area contributed by atoms with E-state index in [0.717, 1.165) is 14.1 Å². The van der Waals surface area contributed by atoms with Gasteiger partial charge in [-0.2, -0.15) is 0 Å². The predicted octanol–water partition coefficient (Wildman–Crippen LogP) is 1.47. The Kier molecular flexibility index (Phi) is 6.66. The molecular formula is C16H21IN2O5S. The van der Waals surface area contributed by atoms with Gasteiger partial charge >= 0.3 is 5.97 Å². The van der Waals surface area contributed by atoms with E-state index in [1.807, 2.05) is 0 Å². The number of amides is 1. The number of esters is 1. The van der Waals surface area contributed by atoms with E-state index >= 15 is 0 Å². The molecule has 0 saturated carbocycles. The molecule has 7 nitrogen and oxygen atoms in total. The minimum absolute atomic E-state index is 0.198. The van der Waals surface area contributed by atoms with Gasteiger partial charge in [0, 0.05) is 16.7 Å². The molecule has 1 aliphatic rings. The molecule has 138 valence electrons. The quantitative estimate of drug-likeness (QED) is 0.471. The molecule has 1 heterocycles. The molecule has 1 aromatic rings. The van der Waals surface area contributed by atoms with Crippen molar-refractivity contribution < 1.29 is 22.7 Å². The summed E-state index contributed by atoms with van der Waals surface area (Å²) < 4.78 is 31.0. The number of benzene rings is 1. The molecule has 1 saturated heterocycles. The molecule has 0 radical (unpaired) electrons. The summed E-state index contributed by atoms with van der Waals surface area (Å²) in [7, 11) is -2.23. The molecule has 0 atom stereocenters. The van der Waals surface area contributed by atoms with Gasteiger partial charge in [0.25, 0.3) is 0 Å². The zero-order chi connectivity index (χ0) is 18.6. The second kappa shape index (κ2) is 8.35. The van der Waals surface area contributed by atoms with Crippen molar-refractivity contribution in [3.63, 3.8) is 0 Å². The highest BCUT2D eigenvalue weighted by Crippen LogP contribution is 2.22. The number of carbonyl (C=O) groups excluding carboxylic acids is 2. The van der Waals surface area contributed by atoms with E-state index < -0.39 is 10.0 Å². The molecule has 1 fully saturated rings. The van der Waals surface area contributed by atoms with Crippen LogP contribution in [-0.4, -0.2) is 58.2 Å². The third-order valence-electron chi connectivity index (χ3n) is 4.18. The summed E-state index contributed by atoms with van der Waals surface area (Å²) in [5, 5.41) is 0. The normalized spacial score (nSPS) is 15.7. The van der Waals surface area contributed by atoms with E-state index in [-0.39, 0.29) is 24.3 Å². The lowest BCUT2D eigenvalue weighted by atomic mass is 9.97. The first kappa shape index (κ1) is 20.0. The maximum absolute atomic E-state index is 12.5. The molecule has 0 bridgehead atoms. The Hall–Kier alpha value is -1.36. The van der Waals surface area contributed by atoms with E-state index in [4.69, 9.17) is 4.74 Å². The van der Waals surface area contributed by atoms with E-state index in [9.17, 15) is 18.0 Å². The van der Waals surface area contributed by atoms with Gasteiger partial charge in [-0.15, -0.1) is 0 Å². The second-order valence-corrected chi connectivity index (χ2v) is 9.08. The fraction of sp³-hybridized carbons (Fsp3) is 0.500. The molecule has 2 rings (SSSR count). The highest BCUT2D eigenvalue weighted by molar-refractivity contribution is 14.1. The van der Waals surface area contributed by atoms with Crippen LogP contribution in [0.1, 0.15) is 12.8 Å². The van der Waals surface area contributed by atoms with Gasteiger partial charge in [0.2, 0.25) is 15.9 Å². The van der Waals surface area contributed by atoms with Crippen LogP contribution in [0, 0.1) is 9.49 Å². The van der Waals surface area contributed by atoms with Crippen molar-refractivity contribution in [1.82, 2.24) is 4.90 Å². The smallest absolute Gasteiger partial charge is 0.308 e. The van der Waals surface area contributed by atoms with E-state index in [1.54, 1.807) is 29.2 Å². The van der Waals surface area contributed by atoms with Crippen molar-refractivity contribution in [3.05, 3.63) is 27.8 Å². The lowest BCUT2D eigenvalue weighted by Crippen LogP contribution is -2.46. The average molecular weight is 480 g/mol. The summed E-state index contributed by atoms with van der Waals surface area (Å²) in [6.07, 6.45) is 2.14. The van der Waals surface area contributed by atoms with Crippen LogP contribution in [0.3, 0.4) is 0 Å². The van der Waals surface area contributed by atoms with E-state index in [2.05, 4.69) is 22.6 Å². The van der Waals surface area contributed by atoms with Gasteiger partial charge in [0.1, 0.15) is 6.54 Å². The van der Waals surface area contributed by atoms with Crippen molar-refractivity contribution in [2.75, 3.05) is 37.3 Å². The Labute approximate surface area is 161 Å². The minimum atomic E-state index is -3.58. The number of sulfonamides is 1. The van der Waals surface area contributed by atoms with Gasteiger partial charge in [-0.1, -0.05) is 0 Å². The Morgan fingerprint density at radius 3 is 2.28 bits per heavy atom. The highest BCUT2D eigenvalue weighted by Gasteiger charge is 2.30. The number of carbonyl (C=O) groups is 2. The number of nitrogens with zero attached hydrogens (tertiary/aromatic N) is 2. The number of piperidine rings is 1. The highest BCUT2D eigenvalue weighted by atomic mass is 127. The van der Waals surface area contributed by atoms with Crippen LogP contribution in [0.5, 0.6) is 0 Å². The number of ether oxygens (including phenoxy) is 1. The number of anilines is 1. The van der Waals surface area contributed by atoms with Gasteiger partial charge < -0.3 is 9.64 Å². The lowest BCUT2D eigenvalue weighted by Gasteiger charge is -2.32. The van der Waals surface area contributed by atoms with Crippen molar-refractivity contribution in [3.8, 4) is 0 Å². The Balaban J connectivity index is 2.06. The number of likely N-dealkylation sites (tertiary alicyclic amines) is 1. The van der Waals surface area contributed by atoms with Gasteiger partial charge in [0.05, 0.1) is 25.0 Å². The number of halogens is 1. The average Bonchev–Trinajstić information content (AvgIpc) is 2.59. The second-order valence-electron chi connectivity index (χ2n) is 5.92. The molecule has 1 amide bonds. The summed E-state index contributed by atoms with van der Waals surface area (Å²) in [6.45, 7) is 0.591. The van der Waals surface area contributed by atoms with Crippen molar-refractivity contribution in [2.45, 2.75) is 12.8 Å². The van der Waals surface area contributed by atoms with Crippen LogP contribution in [0.2, 0.25) is 0 Å². The summed E-state index contributed by atoms with van der Waals surface area (Å²) >= 11 is 2.13. The Bertz CT molecular complexity index is 727. The largest absolute Gasteiger partial charge is 0.469 e. The van der Waals surface area contributed by atoms with Gasteiger partial charge in [0.15, 0.2) is 0 Å². The fourth-order valence-corrected chi connectivity index (χ4v) is 3.97. The number of rotatable bonds is 5. The monoisotopic (exact) mass is 480 g/mol. The molecule has 9 heteroatoms. The van der Waals surface area contributed by atoms with Crippen molar-refractivity contribution in [2.24, 2.45) is 5.92 Å². The standard InChI is InChI=1S/C16H21IN2O5S/c1-24-16(21)12-7-9-18(10-8-12)15(20)11-19(25(2,22)23)14-5-3-13(17)4-6-14/h3-6,12H,7-11H2,1-2H3. The molecule has 25 heavy (non-hydrogen) atoms. The topological polar surface area (TPSA) is 84.0 Å². The summed E-state index contributed by atoms with van der Waals surface area (Å²) in [6, 6.07) is 6.94. The van der Waals surface area contributed by atoms with Crippen LogP contribution in [0.15, 0.2) is 24.3 Å². The van der Waals surface area contributed by atoms with Crippen LogP contribution < -0.4 is 4.31 Å². The van der Waals surface area contributed by atoms with Gasteiger partial charge in [-0.05, 0) is 59.7 Å². The third-order valence-corrected chi connectivity index (χ3v) is 6.04. The first-order valence-electron chi connectivity index (χ1n) is 7.81. The third kappa shape index (κ3) is 5.30. The summed E-state index contributed by atoms with van der Waals surface area (Å²) in [5.41, 5.74) is 0.459. The SMILES string of the molecule is COC(=O)C1CCN(C(=O)CN(c2ccc(I)cc2)S(C)(=O)=O)CC1. The molecule has 0 unspecified atom stereocenters. The van der Waals surface area contributed by atoms with Crippen LogP contribution in [0.25, 0.3) is 0 Å². The lowest BCUT2D eigenvalue weighted by molar-refractivity contribution is -0.148. The maximum Gasteiger partial charge on any atom is 0.308 e. The predicted molar refractivity (Wildman–Crippen MR) is 103 cm³/mol. The molecule has 0 spiro atoms. The first-order valence-corrected chi connectivity index (χ1v) is 10.7. The number of hydrogen-bond acceptors (Lipinski definition) is 5. The number of methoxy groups -OCH3 is 1. The number of hydrogen-bond donors (Lipinski definition) is 0. The zero-order valence-electron chi connectivity index (χ0n) is 14.1. The first-order chi connectivity index (χ1) is 11.7. The maximum atomic E-state index is 12.5. The molecule has 1 aromatic carbocycles. The van der Waals surface area contributed by atoms with Crippen LogP contribution in [0.4, 0.5) is 5.69 Å². The molecular weight excluding hydrogens is 459 g/mol. The van der Waals surface area contributed by atoms with E-state index in [0.29, 0.717) is 31.6 Å². The van der Waals surface area contributed by atoms with Crippen LogP contribution >= 0.6 is 22.6 Å². The summed E-state index contributed by atoms with van der Waals surface area (Å²) in [4.78, 5) is 25.7. The molecule has 0 aliphatic carbocycles. The molecule has 0 N–H and O–H groups in total. The Morgan fingerprint density at radius 1 is 1.24 bits per heavy atom. The van der Waals surface area contributed by atoms with Gasteiger partial charge in [-0.25, -0.2) is 8.42 Å². The van der Waals surface area contributed by atoms with E-state index in [1.165, 1.54) is 7.11 Å². The molecule has 0 aromatic heterocycles. The molecule has 1 aliphatic heterocycles. The fourth-order valence-electron chi connectivity index (χ4n) is 2.76. The van der Waals surface area contributed by atoms with Gasteiger partial charge in [-0.3, -0.25) is 13.9 Å². The minimum Gasteiger partial charge on any atom is -0.469 e. The zero-order valence-corrected chi connectivity index (χ0v) is 17.1. The van der Waals surface area contributed by atoms with Crippen molar-refractivity contribution in [1.29, 1.82) is 0 Å². The summed E-state index contributed by atoms with van der Waals surface area (Å²) in [5.74, 6) is -0.729. The van der Waals surface area contributed by atoms with Crippen LogP contribution in [-0.2, 0) is 24.3 Å².